The Labute approximate surface area is 99.5 Å². The van der Waals surface area contributed by atoms with Crippen molar-refractivity contribution in [2.45, 2.75) is 6.42 Å². The second kappa shape index (κ2) is 5.87. The summed E-state index contributed by atoms with van der Waals surface area (Å²) in [5, 5.41) is 26.8. The number of nitriles is 1. The molecule has 0 aliphatic heterocycles. The number of carbonyl (C=O) groups excluding carboxylic acids is 1. The zero-order valence-corrected chi connectivity index (χ0v) is 9.55. The monoisotopic (exact) mass is 234 g/mol. The third kappa shape index (κ3) is 3.78. The minimum atomic E-state index is -0.310. The van der Waals surface area contributed by atoms with Crippen molar-refractivity contribution in [2.24, 2.45) is 0 Å². The Morgan fingerprint density at radius 3 is 2.71 bits per heavy atom. The Morgan fingerprint density at radius 1 is 1.41 bits per heavy atom. The van der Waals surface area contributed by atoms with Crippen LogP contribution in [0.3, 0.4) is 0 Å². The smallest absolute Gasteiger partial charge is 0.176 e. The van der Waals surface area contributed by atoms with Gasteiger partial charge in [0.25, 0.3) is 0 Å². The number of aromatic hydroxyl groups is 2. The summed E-state index contributed by atoms with van der Waals surface area (Å²) in [6.07, 6.45) is 0.366. The number of carbonyl (C=O) groups is 1. The number of hydrogen-bond acceptors (Lipinski definition) is 5. The van der Waals surface area contributed by atoms with Crippen LogP contribution in [0.25, 0.3) is 0 Å². The Balaban J connectivity index is 2.64. The van der Waals surface area contributed by atoms with E-state index in [0.29, 0.717) is 18.5 Å². The molecule has 17 heavy (non-hydrogen) atoms. The Bertz CT molecular complexity index is 452. The highest BCUT2D eigenvalue weighted by Crippen LogP contribution is 2.24. The van der Waals surface area contributed by atoms with E-state index in [0.717, 1.165) is 0 Å². The van der Waals surface area contributed by atoms with E-state index in [-0.39, 0.29) is 23.8 Å². The van der Waals surface area contributed by atoms with Crippen LogP contribution in [0.4, 0.5) is 0 Å². The molecule has 0 atom stereocenters. The fraction of sp³-hybridized carbons (Fsp3) is 0.333. The van der Waals surface area contributed by atoms with Gasteiger partial charge < -0.3 is 10.2 Å². The number of ketones is 1. The lowest BCUT2D eigenvalue weighted by molar-refractivity contribution is 0.0947. The normalized spacial score (nSPS) is 10.2. The van der Waals surface area contributed by atoms with E-state index >= 15 is 0 Å². The van der Waals surface area contributed by atoms with Crippen LogP contribution >= 0.6 is 0 Å². The van der Waals surface area contributed by atoms with Crippen LogP contribution < -0.4 is 0 Å². The summed E-state index contributed by atoms with van der Waals surface area (Å²) in [5.41, 5.74) is 0.337. The van der Waals surface area contributed by atoms with Crippen molar-refractivity contribution < 1.29 is 15.0 Å². The lowest BCUT2D eigenvalue weighted by atomic mass is 10.1. The van der Waals surface area contributed by atoms with Gasteiger partial charge in [0.15, 0.2) is 17.3 Å². The molecule has 2 N–H and O–H groups in total. The maximum Gasteiger partial charge on any atom is 0.176 e. The molecule has 5 heteroatoms. The molecule has 0 saturated carbocycles. The van der Waals surface area contributed by atoms with Crippen LogP contribution in [0.2, 0.25) is 0 Å². The van der Waals surface area contributed by atoms with Gasteiger partial charge in [0.05, 0.1) is 12.6 Å². The summed E-state index contributed by atoms with van der Waals surface area (Å²) in [5.74, 6) is -0.726. The highest BCUT2D eigenvalue weighted by atomic mass is 16.3. The molecular weight excluding hydrogens is 220 g/mol. The Kier molecular flexibility index (Phi) is 4.49. The van der Waals surface area contributed by atoms with Crippen molar-refractivity contribution in [1.82, 2.24) is 4.90 Å². The van der Waals surface area contributed by atoms with Crippen LogP contribution in [0, 0.1) is 11.3 Å². The minimum Gasteiger partial charge on any atom is -0.504 e. The molecule has 0 aromatic heterocycles. The maximum atomic E-state index is 11.8. The molecule has 0 radical (unpaired) electrons. The van der Waals surface area contributed by atoms with Crippen LogP contribution in [-0.2, 0) is 0 Å². The van der Waals surface area contributed by atoms with Crippen LogP contribution in [-0.4, -0.2) is 41.0 Å². The van der Waals surface area contributed by atoms with E-state index in [1.165, 1.54) is 18.2 Å². The molecule has 0 aliphatic rings. The van der Waals surface area contributed by atoms with E-state index in [1.807, 2.05) is 6.07 Å². The van der Waals surface area contributed by atoms with E-state index in [2.05, 4.69) is 0 Å². The third-order valence-corrected chi connectivity index (χ3v) is 2.32. The lowest BCUT2D eigenvalue weighted by Crippen LogP contribution is -2.26. The Morgan fingerprint density at radius 2 is 2.12 bits per heavy atom. The van der Waals surface area contributed by atoms with E-state index in [9.17, 15) is 9.90 Å². The van der Waals surface area contributed by atoms with Gasteiger partial charge in [-0.3, -0.25) is 9.69 Å². The minimum absolute atomic E-state index is 0.166. The summed E-state index contributed by atoms with van der Waals surface area (Å²) < 4.78 is 0. The molecule has 0 unspecified atom stereocenters. The van der Waals surface area contributed by atoms with Gasteiger partial charge >= 0.3 is 0 Å². The molecule has 0 amide bonds. The molecule has 0 bridgehead atoms. The zero-order chi connectivity index (χ0) is 12.8. The average Bonchev–Trinajstić information content (AvgIpc) is 2.30. The molecule has 0 spiro atoms. The average molecular weight is 234 g/mol. The predicted molar refractivity (Wildman–Crippen MR) is 61.8 cm³/mol. The number of hydrogen-bond donors (Lipinski definition) is 2. The van der Waals surface area contributed by atoms with Gasteiger partial charge in [0.2, 0.25) is 0 Å². The van der Waals surface area contributed by atoms with Gasteiger partial charge in [-0.15, -0.1) is 0 Å². The number of nitrogens with zero attached hydrogens (tertiary/aromatic N) is 2. The molecular formula is C12H14N2O3. The standard InChI is InChI=1S/C12H14N2O3/c1-14(6-2-5-13)8-12(17)9-3-4-10(15)11(16)7-9/h3-4,7,15-16H,2,6,8H2,1H3. The fourth-order valence-electron chi connectivity index (χ4n) is 1.35. The summed E-state index contributed by atoms with van der Waals surface area (Å²) in [7, 11) is 1.75. The molecule has 0 heterocycles. The number of Topliss-reactive ketones (excluding diaryl/α,β-unsaturated/α-hetero) is 1. The van der Waals surface area contributed by atoms with Crippen molar-refractivity contribution in [2.75, 3.05) is 20.1 Å². The lowest BCUT2D eigenvalue weighted by Gasteiger charge is -2.13. The van der Waals surface area contributed by atoms with Crippen molar-refractivity contribution in [3.8, 4) is 17.6 Å². The third-order valence-electron chi connectivity index (χ3n) is 2.32. The summed E-state index contributed by atoms with van der Waals surface area (Å²) >= 11 is 0. The van der Waals surface area contributed by atoms with Gasteiger partial charge in [-0.25, -0.2) is 0 Å². The molecule has 5 nitrogen and oxygen atoms in total. The predicted octanol–water partition coefficient (Wildman–Crippen LogP) is 1.13. The molecule has 90 valence electrons. The van der Waals surface area contributed by atoms with Crippen LogP contribution in [0.5, 0.6) is 11.5 Å². The van der Waals surface area contributed by atoms with Crippen molar-refractivity contribution >= 4 is 5.78 Å². The molecule has 0 fully saturated rings. The molecule has 0 aliphatic carbocycles. The number of phenols is 2. The van der Waals surface area contributed by atoms with Gasteiger partial charge in [0, 0.05) is 18.5 Å². The highest BCUT2D eigenvalue weighted by molar-refractivity contribution is 5.98. The largest absolute Gasteiger partial charge is 0.504 e. The summed E-state index contributed by atoms with van der Waals surface area (Å²) in [6.45, 7) is 0.693. The number of benzene rings is 1. The molecule has 1 aromatic rings. The zero-order valence-electron chi connectivity index (χ0n) is 9.55. The van der Waals surface area contributed by atoms with E-state index in [1.54, 1.807) is 11.9 Å². The van der Waals surface area contributed by atoms with Gasteiger partial charge in [-0.1, -0.05) is 0 Å². The van der Waals surface area contributed by atoms with Gasteiger partial charge in [-0.05, 0) is 25.2 Å². The number of likely N-dealkylation sites (N-methyl/N-ethyl adjacent to an activating group) is 1. The summed E-state index contributed by atoms with van der Waals surface area (Å²) in [4.78, 5) is 13.5. The first-order chi connectivity index (χ1) is 8.04. The Hall–Kier alpha value is -2.06. The first-order valence-electron chi connectivity index (χ1n) is 5.15. The molecule has 0 saturated heterocycles. The van der Waals surface area contributed by atoms with Crippen LogP contribution in [0.1, 0.15) is 16.8 Å². The highest BCUT2D eigenvalue weighted by Gasteiger charge is 2.11. The molecule has 1 rings (SSSR count). The van der Waals surface area contributed by atoms with Crippen molar-refractivity contribution in [3.63, 3.8) is 0 Å². The topological polar surface area (TPSA) is 84.6 Å². The first-order valence-corrected chi connectivity index (χ1v) is 5.15. The fourth-order valence-corrected chi connectivity index (χ4v) is 1.35. The maximum absolute atomic E-state index is 11.8. The second-order valence-electron chi connectivity index (χ2n) is 3.77. The van der Waals surface area contributed by atoms with Crippen molar-refractivity contribution in [1.29, 1.82) is 5.26 Å². The van der Waals surface area contributed by atoms with E-state index in [4.69, 9.17) is 10.4 Å². The van der Waals surface area contributed by atoms with Crippen LogP contribution in [0.15, 0.2) is 18.2 Å². The van der Waals surface area contributed by atoms with E-state index < -0.39 is 0 Å². The second-order valence-corrected chi connectivity index (χ2v) is 3.77. The summed E-state index contributed by atoms with van der Waals surface area (Å²) in [6, 6.07) is 5.96. The number of rotatable bonds is 5. The van der Waals surface area contributed by atoms with Gasteiger partial charge in [-0.2, -0.15) is 5.26 Å². The molecule has 1 aromatic carbocycles. The number of phenolic OH excluding ortho intramolecular Hbond substituents is 2. The van der Waals surface area contributed by atoms with Gasteiger partial charge in [0.1, 0.15) is 0 Å². The quantitative estimate of drug-likeness (QED) is 0.589. The first kappa shape index (κ1) is 13.0. The van der Waals surface area contributed by atoms with Crippen molar-refractivity contribution in [3.05, 3.63) is 23.8 Å². The SMILES string of the molecule is CN(CCC#N)CC(=O)c1ccc(O)c(O)c1.